The summed E-state index contributed by atoms with van der Waals surface area (Å²) in [5.41, 5.74) is 5.68. The molecule has 0 amide bonds. The number of hydrogen-bond donors (Lipinski definition) is 1. The highest BCUT2D eigenvalue weighted by Gasteiger charge is 2.16. The predicted octanol–water partition coefficient (Wildman–Crippen LogP) is 3.64. The van der Waals surface area contributed by atoms with Gasteiger partial charge in [0.25, 0.3) is 0 Å². The Morgan fingerprint density at radius 2 is 2.08 bits per heavy atom. The number of pyridine rings is 1. The van der Waals surface area contributed by atoms with Crippen LogP contribution in [0.4, 0.5) is 11.5 Å². The van der Waals surface area contributed by atoms with E-state index in [-0.39, 0.29) is 0 Å². The van der Waals surface area contributed by atoms with Crippen LogP contribution in [0.5, 0.6) is 0 Å². The number of rotatable bonds is 3. The Bertz CT molecular complexity index is 892. The molecule has 5 nitrogen and oxygen atoms in total. The third-order valence-electron chi connectivity index (χ3n) is 4.30. The number of anilines is 2. The Morgan fingerprint density at radius 3 is 2.85 bits per heavy atom. The standard InChI is InChI=1S/C21H19N4O/c22-12-9-19-7-2-6-18(16-19)5-1-4-17-10-14-25(15-11-17)21-20(24-26)8-3-13-23-21/h2-4,6-8,13,16,24H,9-11,14-15H2/q-1. The van der Waals surface area contributed by atoms with Gasteiger partial charge in [-0.1, -0.05) is 29.5 Å². The van der Waals surface area contributed by atoms with Gasteiger partial charge in [0.2, 0.25) is 0 Å². The molecule has 0 spiro atoms. The zero-order valence-electron chi connectivity index (χ0n) is 14.4. The fourth-order valence-electron chi connectivity index (χ4n) is 2.95. The van der Waals surface area contributed by atoms with Crippen LogP contribution >= 0.6 is 0 Å². The lowest BCUT2D eigenvalue weighted by molar-refractivity contribution is 0.678. The molecule has 0 aliphatic carbocycles. The largest absolute Gasteiger partial charge is 0.761 e. The molecule has 2 heterocycles. The lowest BCUT2D eigenvalue weighted by atomic mass is 10.0. The van der Waals surface area contributed by atoms with Gasteiger partial charge in [-0.15, -0.1) is 0 Å². The smallest absolute Gasteiger partial charge is 0.151 e. The Kier molecular flexibility index (Phi) is 5.88. The van der Waals surface area contributed by atoms with Crippen LogP contribution in [0, 0.1) is 28.4 Å². The van der Waals surface area contributed by atoms with Crippen molar-refractivity contribution in [1.82, 2.24) is 4.98 Å². The predicted molar refractivity (Wildman–Crippen MR) is 103 cm³/mol. The minimum Gasteiger partial charge on any atom is -0.761 e. The second-order valence-corrected chi connectivity index (χ2v) is 6.07. The zero-order valence-corrected chi connectivity index (χ0v) is 14.4. The fraction of sp³-hybridized carbons (Fsp3) is 0.238. The average molecular weight is 343 g/mol. The van der Waals surface area contributed by atoms with Crippen molar-refractivity contribution in [3.63, 3.8) is 0 Å². The molecule has 1 N–H and O–H groups in total. The van der Waals surface area contributed by atoms with Crippen molar-refractivity contribution in [2.45, 2.75) is 19.3 Å². The number of benzene rings is 1. The highest BCUT2D eigenvalue weighted by Crippen LogP contribution is 2.26. The maximum Gasteiger partial charge on any atom is 0.151 e. The van der Waals surface area contributed by atoms with Crippen LogP contribution in [-0.2, 0) is 6.42 Å². The van der Waals surface area contributed by atoms with Crippen molar-refractivity contribution in [3.8, 4) is 17.9 Å². The van der Waals surface area contributed by atoms with E-state index in [9.17, 15) is 5.21 Å². The van der Waals surface area contributed by atoms with Crippen LogP contribution < -0.4 is 10.4 Å². The van der Waals surface area contributed by atoms with E-state index in [2.05, 4.69) is 27.8 Å². The molecular weight excluding hydrogens is 324 g/mol. The third-order valence-corrected chi connectivity index (χ3v) is 4.30. The van der Waals surface area contributed by atoms with Crippen molar-refractivity contribution < 1.29 is 0 Å². The van der Waals surface area contributed by atoms with Gasteiger partial charge in [0, 0.05) is 24.8 Å². The summed E-state index contributed by atoms with van der Waals surface area (Å²) < 4.78 is 0. The molecule has 0 atom stereocenters. The summed E-state index contributed by atoms with van der Waals surface area (Å²) in [6, 6.07) is 13.4. The first-order chi connectivity index (χ1) is 12.8. The summed E-state index contributed by atoms with van der Waals surface area (Å²) in [7, 11) is 0. The Hall–Kier alpha value is -3.28. The SMILES string of the molecule is N#CCc1cccc(C#CC=C2CCN(c3ncccc3N[O-])CC2)c1. The van der Waals surface area contributed by atoms with E-state index >= 15 is 0 Å². The van der Waals surface area contributed by atoms with Crippen LogP contribution in [0.3, 0.4) is 0 Å². The molecule has 130 valence electrons. The number of aromatic nitrogens is 1. The Morgan fingerprint density at radius 1 is 1.23 bits per heavy atom. The molecule has 1 aromatic carbocycles. The van der Waals surface area contributed by atoms with Crippen LogP contribution in [-0.4, -0.2) is 18.1 Å². The third kappa shape index (κ3) is 4.42. The number of allylic oxidation sites excluding steroid dienone is 1. The highest BCUT2D eigenvalue weighted by atomic mass is 16.5. The van der Waals surface area contributed by atoms with Crippen LogP contribution in [0.15, 0.2) is 54.2 Å². The quantitative estimate of drug-likeness (QED) is 0.680. The van der Waals surface area contributed by atoms with Gasteiger partial charge in [-0.25, -0.2) is 4.98 Å². The molecule has 1 saturated heterocycles. The van der Waals surface area contributed by atoms with Gasteiger partial charge >= 0.3 is 0 Å². The molecule has 0 unspecified atom stereocenters. The molecular formula is C21H19N4O-. The number of nitrogens with one attached hydrogen (secondary N) is 1. The average Bonchev–Trinajstić information content (AvgIpc) is 2.69. The number of piperidine rings is 1. The molecule has 3 rings (SSSR count). The highest BCUT2D eigenvalue weighted by molar-refractivity contribution is 5.66. The van der Waals surface area contributed by atoms with E-state index in [1.54, 1.807) is 18.3 Å². The summed E-state index contributed by atoms with van der Waals surface area (Å²) >= 11 is 0. The van der Waals surface area contributed by atoms with E-state index in [0.29, 0.717) is 17.9 Å². The normalized spacial score (nSPS) is 13.4. The molecule has 2 aromatic rings. The maximum absolute atomic E-state index is 11.0. The molecule has 1 fully saturated rings. The van der Waals surface area contributed by atoms with Gasteiger partial charge in [-0.3, -0.25) is 0 Å². The number of nitrogens with zero attached hydrogens (tertiary/aromatic N) is 3. The van der Waals surface area contributed by atoms with E-state index in [1.807, 2.05) is 35.8 Å². The van der Waals surface area contributed by atoms with Crippen LogP contribution in [0.1, 0.15) is 24.0 Å². The Balaban J connectivity index is 1.62. The molecule has 5 heteroatoms. The minimum absolute atomic E-state index is 0.403. The minimum atomic E-state index is 0.403. The first-order valence-corrected chi connectivity index (χ1v) is 8.53. The topological polar surface area (TPSA) is 75.0 Å². The van der Waals surface area contributed by atoms with Crippen molar-refractivity contribution in [2.75, 3.05) is 23.5 Å². The molecule has 1 aromatic heterocycles. The van der Waals surface area contributed by atoms with Crippen molar-refractivity contribution in [3.05, 3.63) is 70.6 Å². The molecule has 0 radical (unpaired) electrons. The fourth-order valence-corrected chi connectivity index (χ4v) is 2.95. The van der Waals surface area contributed by atoms with Crippen molar-refractivity contribution >= 4 is 11.5 Å². The summed E-state index contributed by atoms with van der Waals surface area (Å²) in [5.74, 6) is 6.98. The summed E-state index contributed by atoms with van der Waals surface area (Å²) in [6.45, 7) is 1.63. The molecule has 26 heavy (non-hydrogen) atoms. The van der Waals surface area contributed by atoms with E-state index in [0.717, 1.165) is 37.1 Å². The Labute approximate surface area is 153 Å². The molecule has 0 saturated carbocycles. The zero-order chi connectivity index (χ0) is 18.2. The second kappa shape index (κ2) is 8.71. The van der Waals surface area contributed by atoms with Gasteiger partial charge in [0.1, 0.15) is 0 Å². The van der Waals surface area contributed by atoms with Gasteiger partial charge in [0.05, 0.1) is 18.2 Å². The molecule has 1 aliphatic heterocycles. The van der Waals surface area contributed by atoms with E-state index < -0.39 is 0 Å². The maximum atomic E-state index is 11.0. The van der Waals surface area contributed by atoms with Gasteiger partial charge < -0.3 is 15.6 Å². The summed E-state index contributed by atoms with van der Waals surface area (Å²) in [6.07, 6.45) is 5.89. The second-order valence-electron chi connectivity index (χ2n) is 6.07. The van der Waals surface area contributed by atoms with Gasteiger partial charge in [-0.05, 0) is 48.7 Å². The van der Waals surface area contributed by atoms with E-state index in [1.165, 1.54) is 5.57 Å². The van der Waals surface area contributed by atoms with Gasteiger partial charge in [0.15, 0.2) is 5.82 Å². The molecule has 0 bridgehead atoms. The van der Waals surface area contributed by atoms with Crippen LogP contribution in [0.2, 0.25) is 0 Å². The van der Waals surface area contributed by atoms with Crippen molar-refractivity contribution in [2.24, 2.45) is 0 Å². The number of nitriles is 1. The first kappa shape index (κ1) is 17.5. The summed E-state index contributed by atoms with van der Waals surface area (Å²) in [5, 5.41) is 19.8. The lowest BCUT2D eigenvalue weighted by Gasteiger charge is -2.31. The van der Waals surface area contributed by atoms with E-state index in [4.69, 9.17) is 5.26 Å². The lowest BCUT2D eigenvalue weighted by Crippen LogP contribution is -2.31. The van der Waals surface area contributed by atoms with Crippen LogP contribution in [0.25, 0.3) is 0 Å². The van der Waals surface area contributed by atoms with Crippen molar-refractivity contribution in [1.29, 1.82) is 5.26 Å². The first-order valence-electron chi connectivity index (χ1n) is 8.53. The van der Waals surface area contributed by atoms with Gasteiger partial charge in [-0.2, -0.15) is 5.26 Å². The molecule has 1 aliphatic rings. The monoisotopic (exact) mass is 343 g/mol. The summed E-state index contributed by atoms with van der Waals surface area (Å²) in [4.78, 5) is 6.44. The number of hydrogen-bond acceptors (Lipinski definition) is 5.